The van der Waals surface area contributed by atoms with Crippen LogP contribution in [0.1, 0.15) is 19.8 Å². The van der Waals surface area contributed by atoms with Crippen LogP contribution in [0.25, 0.3) is 21.9 Å². The first kappa shape index (κ1) is 19.2. The van der Waals surface area contributed by atoms with Gasteiger partial charge in [-0.05, 0) is 49.0 Å². The summed E-state index contributed by atoms with van der Waals surface area (Å²) in [7, 11) is 1.91. The molecule has 1 aromatic carbocycles. The lowest BCUT2D eigenvalue weighted by atomic mass is 9.79. The third-order valence-corrected chi connectivity index (χ3v) is 6.59. The van der Waals surface area contributed by atoms with E-state index in [0.717, 1.165) is 61.0 Å². The van der Waals surface area contributed by atoms with Crippen molar-refractivity contribution in [3.05, 3.63) is 42.9 Å². The minimum absolute atomic E-state index is 0.0577. The average molecular weight is 406 g/mol. The summed E-state index contributed by atoms with van der Waals surface area (Å²) in [4.78, 5) is 20.0. The number of piperidine rings is 1. The molecule has 5 rings (SSSR count). The number of nitrogens with one attached hydrogen (secondary N) is 1. The molecule has 156 valence electrons. The minimum Gasteiger partial charge on any atom is -0.378 e. The van der Waals surface area contributed by atoms with Crippen LogP contribution in [0.15, 0.2) is 42.9 Å². The molecule has 7 nitrogen and oxygen atoms in total. The van der Waals surface area contributed by atoms with Crippen molar-refractivity contribution in [1.82, 2.24) is 19.7 Å². The molecule has 2 aliphatic heterocycles. The normalized spacial score (nSPS) is 19.5. The zero-order valence-corrected chi connectivity index (χ0v) is 17.5. The third-order valence-electron chi connectivity index (χ3n) is 6.59. The van der Waals surface area contributed by atoms with Gasteiger partial charge < -0.3 is 10.1 Å². The molecule has 2 aliphatic rings. The molecule has 7 heteroatoms. The van der Waals surface area contributed by atoms with Gasteiger partial charge in [0.25, 0.3) is 0 Å². The molecule has 3 aromatic rings. The lowest BCUT2D eigenvalue weighted by Gasteiger charge is -2.44. The number of benzene rings is 1. The first-order chi connectivity index (χ1) is 14.5. The minimum atomic E-state index is -0.366. The van der Waals surface area contributed by atoms with Gasteiger partial charge >= 0.3 is 0 Å². The Kier molecular flexibility index (Phi) is 4.79. The van der Waals surface area contributed by atoms with E-state index in [4.69, 9.17) is 4.74 Å². The summed E-state index contributed by atoms with van der Waals surface area (Å²) in [6.07, 6.45) is 7.38. The van der Waals surface area contributed by atoms with Gasteiger partial charge in [-0.3, -0.25) is 14.4 Å². The van der Waals surface area contributed by atoms with E-state index < -0.39 is 0 Å². The molecule has 2 aromatic heterocycles. The van der Waals surface area contributed by atoms with Gasteiger partial charge in [-0.2, -0.15) is 5.10 Å². The van der Waals surface area contributed by atoms with Crippen LogP contribution in [0.3, 0.4) is 0 Å². The van der Waals surface area contributed by atoms with Gasteiger partial charge in [-0.1, -0.05) is 19.1 Å². The predicted molar refractivity (Wildman–Crippen MR) is 116 cm³/mol. The molecule has 30 heavy (non-hydrogen) atoms. The molecule has 0 bridgehead atoms. The number of likely N-dealkylation sites (tertiary alicyclic amines) is 1. The molecule has 0 radical (unpaired) electrons. The van der Waals surface area contributed by atoms with Gasteiger partial charge in [0.15, 0.2) is 0 Å². The van der Waals surface area contributed by atoms with Gasteiger partial charge in [0.2, 0.25) is 5.91 Å². The molecule has 0 spiro atoms. The van der Waals surface area contributed by atoms with E-state index in [9.17, 15) is 4.79 Å². The van der Waals surface area contributed by atoms with Crippen LogP contribution in [0.2, 0.25) is 0 Å². The summed E-state index contributed by atoms with van der Waals surface area (Å²) in [5.41, 5.74) is 1.80. The number of rotatable bonds is 4. The lowest BCUT2D eigenvalue weighted by molar-refractivity contribution is -0.130. The van der Waals surface area contributed by atoms with Crippen molar-refractivity contribution in [1.29, 1.82) is 0 Å². The average Bonchev–Trinajstić information content (AvgIpc) is 3.14. The fraction of sp³-hybridized carbons (Fsp3) is 0.435. The van der Waals surface area contributed by atoms with Crippen molar-refractivity contribution in [3.8, 4) is 11.1 Å². The van der Waals surface area contributed by atoms with Crippen molar-refractivity contribution in [2.45, 2.75) is 25.8 Å². The molecule has 1 amide bonds. The fourth-order valence-electron chi connectivity index (χ4n) is 4.27. The Morgan fingerprint density at radius 3 is 2.60 bits per heavy atom. The van der Waals surface area contributed by atoms with Gasteiger partial charge in [-0.15, -0.1) is 0 Å². The number of hydrogen-bond donors (Lipinski definition) is 1. The number of amides is 1. The predicted octanol–water partition coefficient (Wildman–Crippen LogP) is 3.07. The van der Waals surface area contributed by atoms with Crippen molar-refractivity contribution >= 4 is 22.5 Å². The molecule has 1 N–H and O–H groups in total. The maximum Gasteiger partial charge on any atom is 0.231 e. The van der Waals surface area contributed by atoms with Crippen molar-refractivity contribution < 1.29 is 9.53 Å². The number of pyridine rings is 1. The van der Waals surface area contributed by atoms with E-state index in [-0.39, 0.29) is 11.3 Å². The zero-order valence-electron chi connectivity index (χ0n) is 17.5. The Morgan fingerprint density at radius 1 is 1.13 bits per heavy atom. The maximum absolute atomic E-state index is 13.1. The lowest BCUT2D eigenvalue weighted by Crippen LogP contribution is -2.54. The summed E-state index contributed by atoms with van der Waals surface area (Å²) in [5, 5.41) is 9.41. The summed E-state index contributed by atoms with van der Waals surface area (Å²) in [6, 6.07) is 8.73. The first-order valence-corrected chi connectivity index (χ1v) is 10.5. The van der Waals surface area contributed by atoms with E-state index in [2.05, 4.69) is 45.4 Å². The van der Waals surface area contributed by atoms with E-state index in [1.807, 2.05) is 31.7 Å². The zero-order chi connectivity index (χ0) is 20.7. The largest absolute Gasteiger partial charge is 0.378 e. The molecule has 0 unspecified atom stereocenters. The molecule has 4 heterocycles. The van der Waals surface area contributed by atoms with Crippen LogP contribution in [0, 0.1) is 5.41 Å². The number of aryl methyl sites for hydroxylation is 1. The second-order valence-electron chi connectivity index (χ2n) is 8.78. The Morgan fingerprint density at radius 2 is 1.93 bits per heavy atom. The highest BCUT2D eigenvalue weighted by molar-refractivity contribution is 5.96. The second kappa shape index (κ2) is 7.49. The summed E-state index contributed by atoms with van der Waals surface area (Å²) < 4.78 is 7.10. The van der Waals surface area contributed by atoms with E-state index in [1.54, 1.807) is 4.68 Å². The highest BCUT2D eigenvalue weighted by Crippen LogP contribution is 2.34. The number of ether oxygens (including phenoxy) is 1. The fourth-order valence-corrected chi connectivity index (χ4v) is 4.27. The van der Waals surface area contributed by atoms with Gasteiger partial charge in [0, 0.05) is 35.8 Å². The number of anilines is 1. The number of hydrogen-bond acceptors (Lipinski definition) is 5. The Hall–Kier alpha value is -2.77. The number of aromatic nitrogens is 3. The smallest absolute Gasteiger partial charge is 0.231 e. The summed E-state index contributed by atoms with van der Waals surface area (Å²) in [5.74, 6) is 0.661. The van der Waals surface area contributed by atoms with Gasteiger partial charge in [0.05, 0.1) is 25.5 Å². The van der Waals surface area contributed by atoms with Crippen LogP contribution < -0.4 is 5.32 Å². The molecule has 0 atom stereocenters. The molecule has 0 aliphatic carbocycles. The standard InChI is InChI=1S/C23H27N5O2/c1-23(5-7-28(8-6-23)20-14-30-15-20)22(29)26-21-10-18-9-16(3-4-17(18)11-24-21)19-12-25-27(2)13-19/h3-4,9-13,20H,5-8,14-15H2,1-2H3,(H,24,26,29). The monoisotopic (exact) mass is 405 g/mol. The van der Waals surface area contributed by atoms with Crippen molar-refractivity contribution in [2.24, 2.45) is 12.5 Å². The van der Waals surface area contributed by atoms with Gasteiger partial charge in [0.1, 0.15) is 5.82 Å². The van der Waals surface area contributed by atoms with E-state index >= 15 is 0 Å². The van der Waals surface area contributed by atoms with Gasteiger partial charge in [-0.25, -0.2) is 4.98 Å². The third kappa shape index (κ3) is 3.59. The number of carbonyl (C=O) groups excluding carboxylic acids is 1. The number of fused-ring (bicyclic) bond motifs is 1. The number of nitrogens with zero attached hydrogens (tertiary/aromatic N) is 4. The SMILES string of the molecule is Cn1cc(-c2ccc3cnc(NC(=O)C4(C)CCN(C5COC5)CC4)cc3c2)cn1. The summed E-state index contributed by atoms with van der Waals surface area (Å²) in [6.45, 7) is 5.60. The first-order valence-electron chi connectivity index (χ1n) is 10.5. The van der Waals surface area contributed by atoms with Crippen LogP contribution in [-0.2, 0) is 16.6 Å². The Bertz CT molecular complexity index is 1080. The maximum atomic E-state index is 13.1. The van der Waals surface area contributed by atoms with Crippen LogP contribution >= 0.6 is 0 Å². The Balaban J connectivity index is 1.31. The molecular formula is C23H27N5O2. The molecular weight excluding hydrogens is 378 g/mol. The molecule has 2 saturated heterocycles. The Labute approximate surface area is 176 Å². The van der Waals surface area contributed by atoms with E-state index in [1.165, 1.54) is 0 Å². The molecule has 2 fully saturated rings. The second-order valence-corrected chi connectivity index (χ2v) is 8.78. The van der Waals surface area contributed by atoms with E-state index in [0.29, 0.717) is 11.9 Å². The van der Waals surface area contributed by atoms with Crippen LogP contribution in [-0.4, -0.2) is 57.9 Å². The van der Waals surface area contributed by atoms with Crippen LogP contribution in [0.5, 0.6) is 0 Å². The topological polar surface area (TPSA) is 72.3 Å². The summed E-state index contributed by atoms with van der Waals surface area (Å²) >= 11 is 0. The highest BCUT2D eigenvalue weighted by atomic mass is 16.5. The van der Waals surface area contributed by atoms with Crippen LogP contribution in [0.4, 0.5) is 5.82 Å². The molecule has 0 saturated carbocycles. The van der Waals surface area contributed by atoms with Crippen molar-refractivity contribution in [3.63, 3.8) is 0 Å². The number of carbonyl (C=O) groups is 1. The highest BCUT2D eigenvalue weighted by Gasteiger charge is 2.39. The van der Waals surface area contributed by atoms with Crippen molar-refractivity contribution in [2.75, 3.05) is 31.6 Å². The quantitative estimate of drug-likeness (QED) is 0.722.